The van der Waals surface area contributed by atoms with Gasteiger partial charge in [0.25, 0.3) is 0 Å². The maximum Gasteiger partial charge on any atom is 0.335 e. The van der Waals surface area contributed by atoms with E-state index in [0.29, 0.717) is 38.5 Å². The molecule has 0 aromatic heterocycles. The van der Waals surface area contributed by atoms with E-state index in [4.69, 9.17) is 47.4 Å². The predicted molar refractivity (Wildman–Crippen MR) is 284 cm³/mol. The minimum absolute atomic E-state index is 0.111. The highest BCUT2D eigenvalue weighted by molar-refractivity contribution is 5.80. The molecule has 15 N–H and O–H groups in total. The highest BCUT2D eigenvalue weighted by atomic mass is 16.8. The molecule has 0 radical (unpaired) electrons. The number of carboxylic acids is 1. The van der Waals surface area contributed by atoms with E-state index in [-0.39, 0.29) is 30.6 Å². The number of aliphatic hydroxyl groups excluding tert-OH is 14. The first kappa shape index (κ1) is 66.4. The molecule has 33 atom stereocenters. The van der Waals surface area contributed by atoms with Gasteiger partial charge in [-0.15, -0.1) is 0 Å². The number of aliphatic hydroxyl groups is 14. The second kappa shape index (κ2) is 24.2. The van der Waals surface area contributed by atoms with Crippen molar-refractivity contribution < 1.29 is 138 Å². The fourth-order valence-electron chi connectivity index (χ4n) is 17.3. The molecule has 5 heterocycles. The average Bonchev–Trinajstić information content (AvgIpc) is 0.676. The van der Waals surface area contributed by atoms with E-state index in [0.717, 1.165) is 11.9 Å². The summed E-state index contributed by atoms with van der Waals surface area (Å²) >= 11 is 0. The van der Waals surface area contributed by atoms with Gasteiger partial charge in [0, 0.05) is 0 Å². The summed E-state index contributed by atoms with van der Waals surface area (Å²) < 4.78 is 59.0. The normalized spacial score (nSPS) is 54.6. The monoisotopic (exact) mass is 1230 g/mol. The van der Waals surface area contributed by atoms with Crippen LogP contribution in [0, 0.1) is 50.2 Å². The lowest BCUT2D eigenvalue weighted by molar-refractivity contribution is -0.373. The number of aliphatic carboxylic acids is 1. The number of hydrogen-bond acceptors (Lipinski definition) is 27. The first-order valence-electron chi connectivity index (χ1n) is 30.1. The SMILES string of the molecule is C[C@@H]1O[C@@H](O[C@H]2[C@H](OC(=O)[C@]34CCC(C)(C)C[C@H]3C3=CC[C@@H]5[C@@]6(C)CC[C@H](O[C@@H]7O[C@H](C(=O)O)[C@@H](O)[C@H](O)[C@H]7O[C@@H]7O[C@H](CO)[C@H](O)[C@H](O)[C@H]7O)[C@@](C)(C=O)[C@@H]6CC[C@@]5(C)[C@]3(C)C[C@H]4O)OC[C@H](O)[C@@H]2O)[C@H](O)[C@H](O)[C@H]1O[C@@H]1OC[C@@H](O)[C@H](O)[C@H]1O. The maximum atomic E-state index is 15.4. The Morgan fingerprint density at radius 2 is 1.20 bits per heavy atom. The van der Waals surface area contributed by atoms with Gasteiger partial charge in [-0.1, -0.05) is 53.2 Å². The van der Waals surface area contributed by atoms with Crippen LogP contribution in [0.3, 0.4) is 0 Å². The van der Waals surface area contributed by atoms with Gasteiger partial charge in [0.05, 0.1) is 43.5 Å². The van der Waals surface area contributed by atoms with Crippen LogP contribution in [0.4, 0.5) is 0 Å². The van der Waals surface area contributed by atoms with E-state index in [1.807, 2.05) is 0 Å². The van der Waals surface area contributed by atoms with E-state index >= 15 is 4.79 Å². The summed E-state index contributed by atoms with van der Waals surface area (Å²) in [7, 11) is 0. The topological polar surface area (TPSA) is 447 Å². The van der Waals surface area contributed by atoms with Crippen molar-refractivity contribution in [3.63, 3.8) is 0 Å². The Bertz CT molecular complexity index is 2490. The van der Waals surface area contributed by atoms with Gasteiger partial charge in [-0.25, -0.2) is 4.79 Å². The van der Waals surface area contributed by atoms with Gasteiger partial charge in [-0.05, 0) is 104 Å². The van der Waals surface area contributed by atoms with Crippen molar-refractivity contribution in [3.05, 3.63) is 11.6 Å². The lowest BCUT2D eigenvalue weighted by Gasteiger charge is -2.71. The third-order valence-corrected chi connectivity index (χ3v) is 22.7. The molecule has 0 amide bonds. The fraction of sp³-hybridized carbons (Fsp3) is 0.914. The zero-order valence-corrected chi connectivity index (χ0v) is 49.3. The van der Waals surface area contributed by atoms with Crippen molar-refractivity contribution in [3.8, 4) is 0 Å². The second-order valence-corrected chi connectivity index (χ2v) is 28.0. The zero-order chi connectivity index (χ0) is 62.9. The van der Waals surface area contributed by atoms with Gasteiger partial charge in [-0.3, -0.25) is 4.79 Å². The Kier molecular flexibility index (Phi) is 18.6. The lowest BCUT2D eigenvalue weighted by Crippen LogP contribution is -2.69. The van der Waals surface area contributed by atoms with Gasteiger partial charge in [0.2, 0.25) is 6.29 Å². The Labute approximate surface area is 496 Å². The van der Waals surface area contributed by atoms with Crippen molar-refractivity contribution >= 4 is 18.2 Å². The largest absolute Gasteiger partial charge is 0.479 e. The number of carbonyl (C=O) groups excluding carboxylic acids is 2. The number of rotatable bonds is 13. The number of hydrogen-bond donors (Lipinski definition) is 15. The second-order valence-electron chi connectivity index (χ2n) is 28.0. The molecular weight excluding hydrogens is 1140 g/mol. The first-order valence-corrected chi connectivity index (χ1v) is 30.1. The number of allylic oxidation sites excluding steroid dienone is 2. The lowest BCUT2D eigenvalue weighted by atomic mass is 9.33. The number of fused-ring (bicyclic) bond motifs is 7. The van der Waals surface area contributed by atoms with Crippen LogP contribution in [-0.2, 0) is 61.8 Å². The number of carboxylic acid groups (broad SMARTS) is 1. The standard InChI is InChI=1S/C58H90O28/c1-22-42(82-47-39(71)32(64)25(61)19-77-47)38(70)41(73)48(79-22)84-44-33(65)26(62)20-78-50(44)86-52(76)58-15-14-53(2,3)16-24(58)23-8-9-29-54(4)12-11-31(55(5,21-60)28(54)10-13-56(29,6)57(23,7)17-30(58)63)81-51-45(37(69)36(68)43(83-51)46(74)75)85-49-40(72)35(67)34(66)27(18-59)80-49/h8,21-22,24-45,47-51,59,61-73H,9-20H2,1-7H3,(H,74,75)/t22-,24-,25+,26-,27+,28+,29+,30+,31-,32-,33-,34-,35-,36-,37-,38-,39+,40+,41+,42-,43-,44+,45+,47-,48-,49-,50-,51+,54-,55-,56+,57+,58+/m0/s1. The Hall–Kier alpha value is -2.57. The summed E-state index contributed by atoms with van der Waals surface area (Å²) in [5.41, 5.74) is -4.17. The molecule has 86 heavy (non-hydrogen) atoms. The number of ether oxygens (including phenoxy) is 10. The van der Waals surface area contributed by atoms with E-state index in [2.05, 4.69) is 40.7 Å². The minimum Gasteiger partial charge on any atom is -0.479 e. The fourth-order valence-corrected chi connectivity index (χ4v) is 17.3. The molecule has 5 saturated heterocycles. The van der Waals surface area contributed by atoms with Gasteiger partial charge >= 0.3 is 11.9 Å². The summed E-state index contributed by atoms with van der Waals surface area (Å²) in [6, 6.07) is 0. The highest BCUT2D eigenvalue weighted by Gasteiger charge is 2.73. The molecule has 0 aromatic carbocycles. The van der Waals surface area contributed by atoms with Gasteiger partial charge in [0.1, 0.15) is 103 Å². The summed E-state index contributed by atoms with van der Waals surface area (Å²) in [6.07, 6.45) is -35.8. The molecule has 0 spiro atoms. The summed E-state index contributed by atoms with van der Waals surface area (Å²) in [5, 5.41) is 163. The van der Waals surface area contributed by atoms with E-state index in [9.17, 15) is 86.2 Å². The predicted octanol–water partition coefficient (Wildman–Crippen LogP) is -3.66. The van der Waals surface area contributed by atoms with Crippen LogP contribution in [0.5, 0.6) is 0 Å². The van der Waals surface area contributed by atoms with Crippen molar-refractivity contribution in [1.82, 2.24) is 0 Å². The van der Waals surface area contributed by atoms with Crippen LogP contribution >= 0.6 is 0 Å². The summed E-state index contributed by atoms with van der Waals surface area (Å²) in [6.45, 7) is 12.1. The summed E-state index contributed by atoms with van der Waals surface area (Å²) in [5.74, 6) is -3.62. The molecule has 28 heteroatoms. The van der Waals surface area contributed by atoms with E-state index in [1.165, 1.54) is 6.92 Å². The molecule has 0 aromatic rings. The molecule has 10 rings (SSSR count). The Morgan fingerprint density at radius 3 is 1.85 bits per heavy atom. The Balaban J connectivity index is 0.887. The van der Waals surface area contributed by atoms with Gasteiger partial charge in [0.15, 0.2) is 37.4 Å². The van der Waals surface area contributed by atoms with Crippen molar-refractivity contribution in [2.24, 2.45) is 50.2 Å². The molecule has 490 valence electrons. The highest BCUT2D eigenvalue weighted by Crippen LogP contribution is 2.76. The van der Waals surface area contributed by atoms with Crippen LogP contribution in [-0.4, -0.2) is 268 Å². The molecule has 10 aliphatic rings. The number of carbonyl (C=O) groups is 3. The quantitative estimate of drug-likeness (QED) is 0.0366. The minimum atomic E-state index is -2.10. The van der Waals surface area contributed by atoms with Crippen LogP contribution in [0.2, 0.25) is 0 Å². The van der Waals surface area contributed by atoms with Crippen molar-refractivity contribution in [1.29, 1.82) is 0 Å². The Morgan fingerprint density at radius 1 is 0.605 bits per heavy atom. The molecule has 0 unspecified atom stereocenters. The maximum absolute atomic E-state index is 15.4. The summed E-state index contributed by atoms with van der Waals surface area (Å²) in [4.78, 5) is 41.7. The third-order valence-electron chi connectivity index (χ3n) is 22.7. The number of esters is 1. The zero-order valence-electron chi connectivity index (χ0n) is 49.3. The van der Waals surface area contributed by atoms with E-state index in [1.54, 1.807) is 6.92 Å². The van der Waals surface area contributed by atoms with Crippen LogP contribution < -0.4 is 0 Å². The van der Waals surface area contributed by atoms with Crippen LogP contribution in [0.1, 0.15) is 106 Å². The molecule has 5 aliphatic heterocycles. The molecule has 5 aliphatic carbocycles. The number of aldehydes is 1. The van der Waals surface area contributed by atoms with Gasteiger partial charge < -0.3 is 129 Å². The van der Waals surface area contributed by atoms with Crippen LogP contribution in [0.15, 0.2) is 11.6 Å². The molecule has 4 saturated carbocycles. The van der Waals surface area contributed by atoms with Crippen LogP contribution in [0.25, 0.3) is 0 Å². The van der Waals surface area contributed by atoms with Crippen molar-refractivity contribution in [2.45, 2.75) is 260 Å². The van der Waals surface area contributed by atoms with Gasteiger partial charge in [-0.2, -0.15) is 0 Å². The smallest absolute Gasteiger partial charge is 0.335 e. The first-order chi connectivity index (χ1) is 40.2. The molecule has 9 fully saturated rings. The van der Waals surface area contributed by atoms with E-state index < -0.39 is 224 Å². The molecule has 0 bridgehead atoms. The molecular formula is C58H90O28. The average molecular weight is 1240 g/mol. The van der Waals surface area contributed by atoms with Crippen molar-refractivity contribution in [2.75, 3.05) is 19.8 Å². The third kappa shape index (κ3) is 10.7. The molecule has 28 nitrogen and oxygen atoms in total.